The van der Waals surface area contributed by atoms with Crippen LogP contribution in [0.15, 0.2) is 59.3 Å². The number of aliphatic carboxylic acids is 1. The van der Waals surface area contributed by atoms with Crippen molar-refractivity contribution >= 4 is 52.4 Å². The van der Waals surface area contributed by atoms with Gasteiger partial charge >= 0.3 is 5.97 Å². The number of anilines is 1. The molecular weight excluding hydrogens is 611 g/mol. The summed E-state index contributed by atoms with van der Waals surface area (Å²) >= 11 is 2.83. The van der Waals surface area contributed by atoms with Gasteiger partial charge in [-0.3, -0.25) is 14.4 Å². The van der Waals surface area contributed by atoms with E-state index in [1.807, 2.05) is 42.1 Å². The molecule has 2 aromatic heterocycles. The van der Waals surface area contributed by atoms with Crippen molar-refractivity contribution in [2.24, 2.45) is 5.41 Å². The fourth-order valence-corrected chi connectivity index (χ4v) is 8.24. The molecule has 1 aromatic carbocycles. The van der Waals surface area contributed by atoms with Gasteiger partial charge in [0, 0.05) is 44.2 Å². The number of nitrogens with one attached hydrogen (secondary N) is 1. The maximum Gasteiger partial charge on any atom is 0.347 e. The normalized spacial score (nSPS) is 16.6. The molecule has 0 atom stereocenters. The van der Waals surface area contributed by atoms with E-state index in [0.29, 0.717) is 46.8 Å². The Morgan fingerprint density at radius 1 is 1.02 bits per heavy atom. The summed E-state index contributed by atoms with van der Waals surface area (Å²) in [4.78, 5) is 53.9. The predicted molar refractivity (Wildman–Crippen MR) is 176 cm³/mol. The van der Waals surface area contributed by atoms with Crippen LogP contribution in [0.5, 0.6) is 0 Å². The van der Waals surface area contributed by atoms with Crippen molar-refractivity contribution < 1.29 is 29.0 Å². The molecule has 240 valence electrons. The molecule has 0 bridgehead atoms. The SMILES string of the molecule is CN(CCCCC(=O)Nc1ccc(C=O)cc1)C(=O)CCN1CCC2(CC1)CC(OC(C(=O)O)(c1cccs1)c1cccs1)C2. The van der Waals surface area contributed by atoms with Gasteiger partial charge < -0.3 is 25.0 Å². The summed E-state index contributed by atoms with van der Waals surface area (Å²) in [6, 6.07) is 14.2. The van der Waals surface area contributed by atoms with Crippen LogP contribution in [0.3, 0.4) is 0 Å². The van der Waals surface area contributed by atoms with Crippen molar-refractivity contribution in [2.45, 2.75) is 63.1 Å². The molecule has 11 heteroatoms. The first-order valence-electron chi connectivity index (χ1n) is 15.5. The smallest absolute Gasteiger partial charge is 0.347 e. The van der Waals surface area contributed by atoms with Crippen LogP contribution in [0, 0.1) is 5.41 Å². The first kappa shape index (κ1) is 33.0. The molecule has 0 unspecified atom stereocenters. The Morgan fingerprint density at radius 3 is 2.22 bits per heavy atom. The Balaban J connectivity index is 0.990. The monoisotopic (exact) mass is 651 g/mol. The molecule has 1 aliphatic heterocycles. The number of carboxylic acid groups (broad SMARTS) is 1. The third-order valence-corrected chi connectivity index (χ3v) is 11.1. The molecule has 5 rings (SSSR count). The zero-order valence-electron chi connectivity index (χ0n) is 25.6. The van der Waals surface area contributed by atoms with E-state index >= 15 is 0 Å². The molecule has 0 radical (unpaired) electrons. The number of benzene rings is 1. The Bertz CT molecular complexity index is 1390. The zero-order chi connectivity index (χ0) is 31.9. The third kappa shape index (κ3) is 7.89. The number of carboxylic acids is 1. The highest BCUT2D eigenvalue weighted by Gasteiger charge is 2.53. The number of rotatable bonds is 15. The molecule has 1 saturated carbocycles. The van der Waals surface area contributed by atoms with E-state index in [1.165, 1.54) is 22.7 Å². The van der Waals surface area contributed by atoms with Gasteiger partial charge in [-0.2, -0.15) is 0 Å². The molecule has 3 heterocycles. The Kier molecular flexibility index (Phi) is 10.9. The van der Waals surface area contributed by atoms with Gasteiger partial charge in [0.05, 0.1) is 15.9 Å². The van der Waals surface area contributed by atoms with E-state index < -0.39 is 11.6 Å². The molecular formula is C34H41N3O6S2. The Morgan fingerprint density at radius 2 is 1.67 bits per heavy atom. The number of nitrogens with zero attached hydrogens (tertiary/aromatic N) is 2. The molecule has 45 heavy (non-hydrogen) atoms. The second kappa shape index (κ2) is 14.8. The lowest BCUT2D eigenvalue weighted by molar-refractivity contribution is -0.190. The molecule has 1 saturated heterocycles. The van der Waals surface area contributed by atoms with Crippen LogP contribution in [0.1, 0.15) is 71.5 Å². The third-order valence-electron chi connectivity index (χ3n) is 9.16. The highest BCUT2D eigenvalue weighted by molar-refractivity contribution is 7.12. The van der Waals surface area contributed by atoms with Gasteiger partial charge in [-0.15, -0.1) is 22.7 Å². The van der Waals surface area contributed by atoms with Crippen LogP contribution in [0.25, 0.3) is 0 Å². The second-order valence-corrected chi connectivity index (χ2v) is 14.1. The second-order valence-electron chi connectivity index (χ2n) is 12.2. The minimum atomic E-state index is -1.46. The number of ether oxygens (including phenoxy) is 1. The maximum absolute atomic E-state index is 12.8. The van der Waals surface area contributed by atoms with Crippen LogP contribution < -0.4 is 5.32 Å². The van der Waals surface area contributed by atoms with E-state index in [9.17, 15) is 24.3 Å². The lowest BCUT2D eigenvalue weighted by Gasteiger charge is -2.53. The number of aldehydes is 1. The average Bonchev–Trinajstić information content (AvgIpc) is 3.77. The lowest BCUT2D eigenvalue weighted by atomic mass is 9.61. The Hall–Kier alpha value is -3.38. The van der Waals surface area contributed by atoms with Gasteiger partial charge in [0.25, 0.3) is 0 Å². The number of carbonyl (C=O) groups is 4. The lowest BCUT2D eigenvalue weighted by Crippen LogP contribution is -2.53. The van der Waals surface area contributed by atoms with Gasteiger partial charge in [-0.1, -0.05) is 12.1 Å². The number of hydrogen-bond donors (Lipinski definition) is 2. The van der Waals surface area contributed by atoms with Gasteiger partial charge in [0.15, 0.2) is 0 Å². The van der Waals surface area contributed by atoms with Gasteiger partial charge in [-0.25, -0.2) is 4.79 Å². The summed E-state index contributed by atoms with van der Waals surface area (Å²) in [6.45, 7) is 3.19. The molecule has 1 spiro atoms. The molecule has 9 nitrogen and oxygen atoms in total. The summed E-state index contributed by atoms with van der Waals surface area (Å²) in [7, 11) is 1.82. The number of likely N-dealkylation sites (tertiary alicyclic amines) is 1. The van der Waals surface area contributed by atoms with E-state index in [-0.39, 0.29) is 23.3 Å². The topological polar surface area (TPSA) is 116 Å². The number of hydrogen-bond acceptors (Lipinski definition) is 8. The van der Waals surface area contributed by atoms with Gasteiger partial charge in [0.2, 0.25) is 17.4 Å². The Labute approximate surface area is 272 Å². The molecule has 1 aliphatic carbocycles. The van der Waals surface area contributed by atoms with Crippen LogP contribution in [0.4, 0.5) is 5.69 Å². The minimum absolute atomic E-state index is 0.0822. The first-order valence-corrected chi connectivity index (χ1v) is 17.3. The van der Waals surface area contributed by atoms with Crippen LogP contribution in [-0.4, -0.2) is 78.3 Å². The van der Waals surface area contributed by atoms with E-state index in [4.69, 9.17) is 4.74 Å². The van der Waals surface area contributed by atoms with Crippen molar-refractivity contribution in [3.63, 3.8) is 0 Å². The van der Waals surface area contributed by atoms with Crippen LogP contribution >= 0.6 is 22.7 Å². The van der Waals surface area contributed by atoms with E-state index in [2.05, 4.69) is 10.2 Å². The van der Waals surface area contributed by atoms with E-state index in [1.54, 1.807) is 29.2 Å². The molecule has 2 amide bonds. The molecule has 2 N–H and O–H groups in total. The minimum Gasteiger partial charge on any atom is -0.479 e. The van der Waals surface area contributed by atoms with Gasteiger partial charge in [0.1, 0.15) is 6.29 Å². The number of carbonyl (C=O) groups excluding carboxylic acids is 3. The largest absolute Gasteiger partial charge is 0.479 e. The fraction of sp³-hybridized carbons (Fsp3) is 0.471. The van der Waals surface area contributed by atoms with Gasteiger partial charge in [-0.05, 0) is 104 Å². The number of piperidine rings is 1. The van der Waals surface area contributed by atoms with Crippen molar-refractivity contribution in [1.29, 1.82) is 0 Å². The summed E-state index contributed by atoms with van der Waals surface area (Å²) < 4.78 is 6.50. The highest BCUT2D eigenvalue weighted by atomic mass is 32.1. The van der Waals surface area contributed by atoms with Crippen molar-refractivity contribution in [3.05, 3.63) is 74.6 Å². The molecule has 2 fully saturated rings. The number of thiophene rings is 2. The summed E-state index contributed by atoms with van der Waals surface area (Å²) in [5.41, 5.74) is -0.0506. The summed E-state index contributed by atoms with van der Waals surface area (Å²) in [5.74, 6) is -0.942. The van der Waals surface area contributed by atoms with Crippen molar-refractivity contribution in [2.75, 3.05) is 38.5 Å². The first-order chi connectivity index (χ1) is 21.7. The van der Waals surface area contributed by atoms with Crippen molar-refractivity contribution in [1.82, 2.24) is 9.80 Å². The summed E-state index contributed by atoms with van der Waals surface area (Å²) in [6.07, 6.45) is 6.70. The van der Waals surface area contributed by atoms with E-state index in [0.717, 1.165) is 58.0 Å². The molecule has 3 aromatic rings. The maximum atomic E-state index is 12.8. The van der Waals surface area contributed by atoms with Crippen LogP contribution in [-0.2, 0) is 24.7 Å². The van der Waals surface area contributed by atoms with Crippen LogP contribution in [0.2, 0.25) is 0 Å². The predicted octanol–water partition coefficient (Wildman–Crippen LogP) is 5.87. The number of amides is 2. The fourth-order valence-electron chi connectivity index (χ4n) is 6.43. The van der Waals surface area contributed by atoms with Crippen molar-refractivity contribution in [3.8, 4) is 0 Å². The standard InChI is InChI=1S/C34H41N3O6S2/c1-36(16-3-2-8-30(39)35-26-11-9-25(24-38)10-12-26)31(40)13-17-37-18-14-33(15-19-37)22-27(23-33)43-34(32(41)42,28-6-4-20-44-28)29-7-5-21-45-29/h4-7,9-12,20-21,24,27H,2-3,8,13-19,22-23H2,1H3,(H,35,39)(H,41,42). The zero-order valence-corrected chi connectivity index (χ0v) is 27.2. The number of unbranched alkanes of at least 4 members (excludes halogenated alkanes) is 1. The quantitative estimate of drug-likeness (QED) is 0.156. The summed E-state index contributed by atoms with van der Waals surface area (Å²) in [5, 5.41) is 17.0. The molecule has 2 aliphatic rings. The highest BCUT2D eigenvalue weighted by Crippen LogP contribution is 2.53. The average molecular weight is 652 g/mol.